The van der Waals surface area contributed by atoms with Crippen LogP contribution in [-0.2, 0) is 9.59 Å². The smallest absolute Gasteiger partial charge is 0.227 e. The van der Waals surface area contributed by atoms with Gasteiger partial charge in [0.25, 0.3) is 0 Å². The van der Waals surface area contributed by atoms with Crippen LogP contribution in [0.15, 0.2) is 0 Å². The van der Waals surface area contributed by atoms with Gasteiger partial charge in [-0.05, 0) is 18.8 Å². The lowest BCUT2D eigenvalue weighted by Gasteiger charge is -2.40. The van der Waals surface area contributed by atoms with E-state index in [1.165, 1.54) is 0 Å². The second-order valence-corrected chi connectivity index (χ2v) is 5.93. The molecule has 19 heavy (non-hydrogen) atoms. The molecule has 0 bridgehead atoms. The van der Waals surface area contributed by atoms with Gasteiger partial charge < -0.3 is 15.5 Å². The first-order valence-electron chi connectivity index (χ1n) is 7.30. The Morgan fingerprint density at radius 1 is 1.05 bits per heavy atom. The summed E-state index contributed by atoms with van der Waals surface area (Å²) in [4.78, 5) is 27.6. The summed E-state index contributed by atoms with van der Waals surface area (Å²) < 4.78 is 0. The highest BCUT2D eigenvalue weighted by Crippen LogP contribution is 2.30. The molecule has 1 aliphatic carbocycles. The van der Waals surface area contributed by atoms with Crippen LogP contribution in [0, 0.1) is 11.8 Å². The zero-order valence-corrected chi connectivity index (χ0v) is 12.0. The van der Waals surface area contributed by atoms with Crippen LogP contribution in [0.4, 0.5) is 0 Å². The molecule has 0 radical (unpaired) electrons. The van der Waals surface area contributed by atoms with Gasteiger partial charge in [0.15, 0.2) is 0 Å². The molecule has 1 aliphatic heterocycles. The molecule has 3 atom stereocenters. The maximum Gasteiger partial charge on any atom is 0.227 e. The predicted molar refractivity (Wildman–Crippen MR) is 73.3 cm³/mol. The van der Waals surface area contributed by atoms with Crippen LogP contribution in [0.25, 0.3) is 0 Å². The average Bonchev–Trinajstić information content (AvgIpc) is 2.38. The highest BCUT2D eigenvalue weighted by atomic mass is 16.2. The lowest BCUT2D eigenvalue weighted by Crippen LogP contribution is -2.55. The molecule has 0 aromatic rings. The number of carbonyl (C=O) groups is 2. The number of piperazine rings is 1. The lowest BCUT2D eigenvalue weighted by atomic mass is 9.76. The third kappa shape index (κ3) is 3.08. The predicted octanol–water partition coefficient (Wildman–Crippen LogP) is 0.441. The fraction of sp³-hybridized carbons (Fsp3) is 0.857. The molecule has 5 heteroatoms. The Bertz CT molecular complexity index is 341. The summed E-state index contributed by atoms with van der Waals surface area (Å²) in [5.74, 6) is 0.637. The molecule has 1 saturated heterocycles. The summed E-state index contributed by atoms with van der Waals surface area (Å²) >= 11 is 0. The molecule has 0 spiro atoms. The first kappa shape index (κ1) is 14.3. The third-order valence-electron chi connectivity index (χ3n) is 4.59. The summed E-state index contributed by atoms with van der Waals surface area (Å²) in [6.45, 7) is 6.31. The Morgan fingerprint density at radius 3 is 2.16 bits per heavy atom. The van der Waals surface area contributed by atoms with Crippen LogP contribution < -0.4 is 5.73 Å². The second kappa shape index (κ2) is 5.90. The van der Waals surface area contributed by atoms with E-state index in [0.29, 0.717) is 32.1 Å². The minimum atomic E-state index is -0.0300. The number of amides is 2. The van der Waals surface area contributed by atoms with Crippen LogP contribution in [0.2, 0.25) is 0 Å². The monoisotopic (exact) mass is 267 g/mol. The summed E-state index contributed by atoms with van der Waals surface area (Å²) in [7, 11) is 0. The van der Waals surface area contributed by atoms with E-state index in [1.807, 2.05) is 4.90 Å². The van der Waals surface area contributed by atoms with Gasteiger partial charge in [0.05, 0.1) is 5.92 Å². The summed E-state index contributed by atoms with van der Waals surface area (Å²) in [5, 5.41) is 0. The standard InChI is InChI=1S/C14H25N3O2/c1-10-4-3-5-12(15)13(10)14(19)17-8-6-16(7-9-17)11(2)18/h10,12-13H,3-9,15H2,1-2H3. The number of nitrogens with two attached hydrogens (primary N) is 1. The van der Waals surface area contributed by atoms with Crippen LogP contribution in [0.1, 0.15) is 33.1 Å². The molecule has 0 aromatic carbocycles. The average molecular weight is 267 g/mol. The van der Waals surface area contributed by atoms with Crippen molar-refractivity contribution in [1.29, 1.82) is 0 Å². The van der Waals surface area contributed by atoms with Crippen molar-refractivity contribution in [2.24, 2.45) is 17.6 Å². The fourth-order valence-electron chi connectivity index (χ4n) is 3.34. The lowest BCUT2D eigenvalue weighted by molar-refractivity contribution is -0.144. The van der Waals surface area contributed by atoms with Crippen molar-refractivity contribution >= 4 is 11.8 Å². The summed E-state index contributed by atoms with van der Waals surface area (Å²) in [6, 6.07) is 0.00193. The molecule has 2 aliphatic rings. The number of rotatable bonds is 1. The van der Waals surface area contributed by atoms with Crippen molar-refractivity contribution in [1.82, 2.24) is 9.80 Å². The van der Waals surface area contributed by atoms with E-state index in [-0.39, 0.29) is 23.8 Å². The van der Waals surface area contributed by atoms with E-state index < -0.39 is 0 Å². The van der Waals surface area contributed by atoms with Crippen molar-refractivity contribution in [3.05, 3.63) is 0 Å². The van der Waals surface area contributed by atoms with Crippen molar-refractivity contribution in [2.45, 2.75) is 39.2 Å². The molecule has 1 heterocycles. The third-order valence-corrected chi connectivity index (χ3v) is 4.59. The van der Waals surface area contributed by atoms with Crippen molar-refractivity contribution in [2.75, 3.05) is 26.2 Å². The molecule has 2 amide bonds. The molecule has 2 N–H and O–H groups in total. The molecule has 5 nitrogen and oxygen atoms in total. The largest absolute Gasteiger partial charge is 0.339 e. The van der Waals surface area contributed by atoms with Crippen molar-refractivity contribution in [3.63, 3.8) is 0 Å². The zero-order chi connectivity index (χ0) is 14.0. The molecule has 0 aromatic heterocycles. The maximum atomic E-state index is 12.6. The molecule has 108 valence electrons. The van der Waals surface area contributed by atoms with Crippen LogP contribution >= 0.6 is 0 Å². The van der Waals surface area contributed by atoms with Crippen LogP contribution in [0.5, 0.6) is 0 Å². The Morgan fingerprint density at radius 2 is 1.63 bits per heavy atom. The van der Waals surface area contributed by atoms with Gasteiger partial charge in [0.1, 0.15) is 0 Å². The van der Waals surface area contributed by atoms with E-state index in [4.69, 9.17) is 5.73 Å². The maximum absolute atomic E-state index is 12.6. The zero-order valence-electron chi connectivity index (χ0n) is 12.0. The van der Waals surface area contributed by atoms with E-state index in [0.717, 1.165) is 19.3 Å². The van der Waals surface area contributed by atoms with Crippen molar-refractivity contribution < 1.29 is 9.59 Å². The van der Waals surface area contributed by atoms with Crippen LogP contribution in [-0.4, -0.2) is 53.8 Å². The van der Waals surface area contributed by atoms with Gasteiger partial charge in [-0.25, -0.2) is 0 Å². The number of hydrogen-bond donors (Lipinski definition) is 1. The minimum Gasteiger partial charge on any atom is -0.339 e. The molecule has 1 saturated carbocycles. The second-order valence-electron chi connectivity index (χ2n) is 5.93. The SMILES string of the molecule is CC(=O)N1CCN(C(=O)C2C(C)CCCC2N)CC1. The van der Waals surface area contributed by atoms with Gasteiger partial charge in [-0.2, -0.15) is 0 Å². The van der Waals surface area contributed by atoms with E-state index >= 15 is 0 Å². The highest BCUT2D eigenvalue weighted by Gasteiger charge is 2.37. The first-order chi connectivity index (χ1) is 9.00. The van der Waals surface area contributed by atoms with Crippen LogP contribution in [0.3, 0.4) is 0 Å². The van der Waals surface area contributed by atoms with E-state index in [2.05, 4.69) is 6.92 Å². The molecular weight excluding hydrogens is 242 g/mol. The van der Waals surface area contributed by atoms with Gasteiger partial charge in [-0.1, -0.05) is 13.3 Å². The molecule has 2 fully saturated rings. The van der Waals surface area contributed by atoms with Crippen molar-refractivity contribution in [3.8, 4) is 0 Å². The molecule has 3 unspecified atom stereocenters. The summed E-state index contributed by atoms with van der Waals surface area (Å²) in [6.07, 6.45) is 3.18. The first-order valence-corrected chi connectivity index (χ1v) is 7.30. The number of nitrogens with zero attached hydrogens (tertiary/aromatic N) is 2. The topological polar surface area (TPSA) is 66.6 Å². The summed E-state index contributed by atoms with van der Waals surface area (Å²) in [5.41, 5.74) is 6.14. The molecular formula is C14H25N3O2. The molecule has 2 rings (SSSR count). The Labute approximate surface area is 115 Å². The number of carbonyl (C=O) groups excluding carboxylic acids is 2. The quantitative estimate of drug-likeness (QED) is 0.749. The highest BCUT2D eigenvalue weighted by molar-refractivity contribution is 5.80. The van der Waals surface area contributed by atoms with Gasteiger partial charge in [-0.3, -0.25) is 9.59 Å². The Balaban J connectivity index is 1.95. The van der Waals surface area contributed by atoms with Gasteiger partial charge in [-0.15, -0.1) is 0 Å². The number of hydrogen-bond acceptors (Lipinski definition) is 3. The van der Waals surface area contributed by atoms with E-state index in [9.17, 15) is 9.59 Å². The Hall–Kier alpha value is -1.10. The normalized spacial score (nSPS) is 32.3. The van der Waals surface area contributed by atoms with Gasteiger partial charge in [0.2, 0.25) is 11.8 Å². The minimum absolute atomic E-state index is 0.00193. The van der Waals surface area contributed by atoms with E-state index in [1.54, 1.807) is 11.8 Å². The fourth-order valence-corrected chi connectivity index (χ4v) is 3.34. The Kier molecular flexibility index (Phi) is 4.45. The van der Waals surface area contributed by atoms with Gasteiger partial charge >= 0.3 is 0 Å². The van der Waals surface area contributed by atoms with Gasteiger partial charge in [0, 0.05) is 39.1 Å².